The van der Waals surface area contributed by atoms with Crippen LogP contribution >= 0.6 is 0 Å². The van der Waals surface area contributed by atoms with Crippen molar-refractivity contribution in [3.05, 3.63) is 69.9 Å². The highest BCUT2D eigenvalue weighted by Gasteiger charge is 2.24. The number of ether oxygens (including phenoxy) is 1. The van der Waals surface area contributed by atoms with Gasteiger partial charge in [-0.1, -0.05) is 29.5 Å². The Labute approximate surface area is 157 Å². The molecule has 2 aromatic heterocycles. The van der Waals surface area contributed by atoms with E-state index in [9.17, 15) is 14.9 Å². The number of rotatable bonds is 5. The third kappa shape index (κ3) is 3.07. The van der Waals surface area contributed by atoms with Crippen LogP contribution in [0.2, 0.25) is 0 Å². The van der Waals surface area contributed by atoms with Gasteiger partial charge in [0.1, 0.15) is 5.69 Å². The number of aromatic nitrogens is 5. The summed E-state index contributed by atoms with van der Waals surface area (Å²) in [5.74, 6) is -0.209. The van der Waals surface area contributed by atoms with E-state index in [1.54, 1.807) is 12.1 Å². The number of carbonyl (C=O) groups is 1. The fourth-order valence-electron chi connectivity index (χ4n) is 2.85. The van der Waals surface area contributed by atoms with E-state index in [0.29, 0.717) is 11.5 Å². The first kappa shape index (κ1) is 17.3. The lowest BCUT2D eigenvalue weighted by Crippen LogP contribution is -2.08. The zero-order valence-corrected chi connectivity index (χ0v) is 14.7. The molecule has 2 heterocycles. The summed E-state index contributed by atoms with van der Waals surface area (Å²) in [4.78, 5) is 30.2. The number of non-ortho nitro benzene ring substituents is 1. The molecule has 0 fully saturated rings. The topological polar surface area (TPSA) is 129 Å². The number of esters is 1. The van der Waals surface area contributed by atoms with Crippen LogP contribution in [0.3, 0.4) is 0 Å². The Hall–Kier alpha value is -4.08. The van der Waals surface area contributed by atoms with Crippen molar-refractivity contribution in [1.29, 1.82) is 0 Å². The Bertz CT molecular complexity index is 1150. The molecule has 0 aliphatic carbocycles. The van der Waals surface area contributed by atoms with Crippen LogP contribution in [0.25, 0.3) is 22.6 Å². The minimum absolute atomic E-state index is 0.00454. The van der Waals surface area contributed by atoms with Gasteiger partial charge in [-0.25, -0.2) is 14.5 Å². The maximum absolute atomic E-state index is 12.2. The Kier molecular flexibility index (Phi) is 4.28. The van der Waals surface area contributed by atoms with Crippen molar-refractivity contribution in [3.63, 3.8) is 0 Å². The molecule has 1 N–H and O–H groups in total. The first-order valence-corrected chi connectivity index (χ1v) is 8.27. The number of methoxy groups -OCH3 is 1. The minimum Gasteiger partial charge on any atom is -0.464 e. The number of nitrogens with one attached hydrogen (secondary N) is 1. The first-order chi connectivity index (χ1) is 13.6. The summed E-state index contributed by atoms with van der Waals surface area (Å²) >= 11 is 0. The normalized spacial score (nSPS) is 10.9. The number of nitrogens with zero attached hydrogens (tertiary/aromatic N) is 5. The second-order valence-electron chi connectivity index (χ2n) is 5.96. The molecule has 28 heavy (non-hydrogen) atoms. The molecule has 0 unspecified atom stereocenters. The number of hydrogen-bond donors (Lipinski definition) is 1. The molecule has 0 radical (unpaired) electrons. The summed E-state index contributed by atoms with van der Waals surface area (Å²) in [5, 5.41) is 18.8. The molecule has 10 heteroatoms. The maximum atomic E-state index is 12.2. The van der Waals surface area contributed by atoms with Crippen molar-refractivity contribution >= 4 is 22.7 Å². The molecule has 0 amide bonds. The standard InChI is InChI=1S/C18H14N6O4/c1-28-18(25)15-16(17-19-13-4-2-3-5-14(13)20-17)23(22-21-15)10-11-6-8-12(9-7-11)24(26)27/h2-9H,10H2,1H3,(H,19,20). The fourth-order valence-corrected chi connectivity index (χ4v) is 2.85. The maximum Gasteiger partial charge on any atom is 0.361 e. The number of imidazole rings is 1. The van der Waals surface area contributed by atoms with Crippen molar-refractivity contribution in [2.45, 2.75) is 6.54 Å². The van der Waals surface area contributed by atoms with Gasteiger partial charge in [0.15, 0.2) is 5.82 Å². The van der Waals surface area contributed by atoms with Gasteiger partial charge in [0.2, 0.25) is 5.69 Å². The van der Waals surface area contributed by atoms with E-state index in [1.165, 1.54) is 23.9 Å². The van der Waals surface area contributed by atoms with E-state index in [-0.39, 0.29) is 17.9 Å². The number of fused-ring (bicyclic) bond motifs is 1. The summed E-state index contributed by atoms with van der Waals surface area (Å²) in [5.41, 5.74) is 2.69. The predicted molar refractivity (Wildman–Crippen MR) is 98.6 cm³/mol. The number of aromatic amines is 1. The van der Waals surface area contributed by atoms with Crippen LogP contribution < -0.4 is 0 Å². The molecule has 0 bridgehead atoms. The van der Waals surface area contributed by atoms with Crippen LogP contribution in [-0.4, -0.2) is 43.0 Å². The van der Waals surface area contributed by atoms with Crippen LogP contribution in [0.4, 0.5) is 5.69 Å². The molecule has 0 spiro atoms. The van der Waals surface area contributed by atoms with Crippen LogP contribution in [0.5, 0.6) is 0 Å². The number of para-hydroxylation sites is 2. The summed E-state index contributed by atoms with van der Waals surface area (Å²) in [6.45, 7) is 0.244. The summed E-state index contributed by atoms with van der Waals surface area (Å²) < 4.78 is 6.31. The van der Waals surface area contributed by atoms with Gasteiger partial charge in [0, 0.05) is 12.1 Å². The van der Waals surface area contributed by atoms with Gasteiger partial charge in [-0.05, 0) is 17.7 Å². The van der Waals surface area contributed by atoms with Crippen LogP contribution in [0.15, 0.2) is 48.5 Å². The average molecular weight is 378 g/mol. The Morgan fingerprint density at radius 1 is 1.21 bits per heavy atom. The van der Waals surface area contributed by atoms with E-state index in [1.807, 2.05) is 24.3 Å². The highest BCUT2D eigenvalue weighted by Crippen LogP contribution is 2.24. The number of nitro benzene ring substituents is 1. The largest absolute Gasteiger partial charge is 0.464 e. The van der Waals surface area contributed by atoms with Crippen molar-refractivity contribution in [2.75, 3.05) is 7.11 Å². The molecule has 2 aromatic carbocycles. The molecular weight excluding hydrogens is 364 g/mol. The SMILES string of the molecule is COC(=O)c1nnn(Cc2ccc([N+](=O)[O-])cc2)c1-c1nc2ccccc2[nH]1. The Balaban J connectivity index is 1.78. The van der Waals surface area contributed by atoms with Crippen molar-refractivity contribution in [3.8, 4) is 11.5 Å². The van der Waals surface area contributed by atoms with E-state index >= 15 is 0 Å². The molecule has 10 nitrogen and oxygen atoms in total. The molecule has 0 aliphatic rings. The molecule has 0 saturated heterocycles. The molecule has 140 valence electrons. The Morgan fingerprint density at radius 3 is 2.64 bits per heavy atom. The fraction of sp³-hybridized carbons (Fsp3) is 0.111. The number of carbonyl (C=O) groups excluding carboxylic acids is 1. The zero-order chi connectivity index (χ0) is 19.7. The van der Waals surface area contributed by atoms with E-state index in [0.717, 1.165) is 16.6 Å². The highest BCUT2D eigenvalue weighted by molar-refractivity contribution is 5.94. The van der Waals surface area contributed by atoms with Gasteiger partial charge in [0.25, 0.3) is 5.69 Å². The van der Waals surface area contributed by atoms with Crippen molar-refractivity contribution < 1.29 is 14.5 Å². The minimum atomic E-state index is -0.634. The molecule has 0 aliphatic heterocycles. The van der Waals surface area contributed by atoms with Crippen LogP contribution in [0.1, 0.15) is 16.1 Å². The molecule has 0 atom stereocenters. The molecule has 0 saturated carbocycles. The molecule has 4 rings (SSSR count). The average Bonchev–Trinajstić information content (AvgIpc) is 3.31. The lowest BCUT2D eigenvalue weighted by Gasteiger charge is -2.06. The van der Waals surface area contributed by atoms with Crippen LogP contribution in [0, 0.1) is 10.1 Å². The summed E-state index contributed by atoms with van der Waals surface area (Å²) in [6, 6.07) is 13.5. The third-order valence-corrected chi connectivity index (χ3v) is 4.21. The lowest BCUT2D eigenvalue weighted by molar-refractivity contribution is -0.384. The van der Waals surface area contributed by atoms with E-state index in [2.05, 4.69) is 20.3 Å². The van der Waals surface area contributed by atoms with E-state index < -0.39 is 10.9 Å². The molecule has 4 aromatic rings. The van der Waals surface area contributed by atoms with Gasteiger partial charge in [-0.3, -0.25) is 10.1 Å². The van der Waals surface area contributed by atoms with Crippen LogP contribution in [-0.2, 0) is 11.3 Å². The summed E-state index contributed by atoms with van der Waals surface area (Å²) in [7, 11) is 1.26. The number of nitro groups is 1. The second-order valence-corrected chi connectivity index (χ2v) is 5.96. The van der Waals surface area contributed by atoms with Gasteiger partial charge in [0.05, 0.1) is 29.6 Å². The number of H-pyrrole nitrogens is 1. The van der Waals surface area contributed by atoms with Gasteiger partial charge >= 0.3 is 5.97 Å². The lowest BCUT2D eigenvalue weighted by atomic mass is 10.2. The summed E-state index contributed by atoms with van der Waals surface area (Å²) in [6.07, 6.45) is 0. The molecular formula is C18H14N6O4. The first-order valence-electron chi connectivity index (χ1n) is 8.27. The highest BCUT2D eigenvalue weighted by atomic mass is 16.6. The number of benzene rings is 2. The zero-order valence-electron chi connectivity index (χ0n) is 14.7. The number of hydrogen-bond acceptors (Lipinski definition) is 7. The smallest absolute Gasteiger partial charge is 0.361 e. The predicted octanol–water partition coefficient (Wildman–Crippen LogP) is 2.56. The monoisotopic (exact) mass is 378 g/mol. The van der Waals surface area contributed by atoms with Crippen molar-refractivity contribution in [2.24, 2.45) is 0 Å². The van der Waals surface area contributed by atoms with E-state index in [4.69, 9.17) is 4.74 Å². The Morgan fingerprint density at radius 2 is 1.96 bits per heavy atom. The van der Waals surface area contributed by atoms with Crippen molar-refractivity contribution in [1.82, 2.24) is 25.0 Å². The quantitative estimate of drug-likeness (QED) is 0.321. The third-order valence-electron chi connectivity index (χ3n) is 4.21. The second kappa shape index (κ2) is 6.91. The van der Waals surface area contributed by atoms with Gasteiger partial charge in [-0.2, -0.15) is 0 Å². The van der Waals surface area contributed by atoms with Gasteiger partial charge < -0.3 is 9.72 Å². The van der Waals surface area contributed by atoms with Gasteiger partial charge in [-0.15, -0.1) is 5.10 Å².